The number of esters is 1. The fourth-order valence-electron chi connectivity index (χ4n) is 0.792. The first kappa shape index (κ1) is 8.11. The van der Waals surface area contributed by atoms with Crippen LogP contribution in [0.5, 0.6) is 0 Å². The fraction of sp³-hybridized carbons (Fsp3) is 0.625. The highest BCUT2D eigenvalue weighted by Gasteiger charge is 2.17. The number of ether oxygens (including phenoxy) is 2. The first-order valence-electron chi connectivity index (χ1n) is 3.84. The molecule has 0 amide bonds. The standard InChI is InChI=1S/C8H12O3/c1-2-3-5-10-7-4-6-11-8(7)9/h4H,2-3,5-6H2,1H3. The minimum absolute atomic E-state index is 0.332. The van der Waals surface area contributed by atoms with E-state index in [0.29, 0.717) is 19.0 Å². The summed E-state index contributed by atoms with van der Waals surface area (Å²) >= 11 is 0. The van der Waals surface area contributed by atoms with Crippen molar-refractivity contribution in [2.24, 2.45) is 0 Å². The lowest BCUT2D eigenvalue weighted by Gasteiger charge is -2.01. The molecule has 0 aromatic heterocycles. The number of carbonyl (C=O) groups excluding carboxylic acids is 1. The molecule has 62 valence electrons. The van der Waals surface area contributed by atoms with Crippen LogP contribution in [0.25, 0.3) is 0 Å². The number of hydrogen-bond donors (Lipinski definition) is 0. The SMILES string of the molecule is CCCCOC1=CCOC1=O. The zero-order chi connectivity index (χ0) is 8.10. The topological polar surface area (TPSA) is 35.5 Å². The lowest BCUT2D eigenvalue weighted by molar-refractivity contribution is -0.139. The van der Waals surface area contributed by atoms with Crippen LogP contribution in [-0.2, 0) is 14.3 Å². The summed E-state index contributed by atoms with van der Waals surface area (Å²) in [6.45, 7) is 3.04. The van der Waals surface area contributed by atoms with Gasteiger partial charge in [0.05, 0.1) is 6.61 Å². The molecule has 0 atom stereocenters. The number of rotatable bonds is 4. The van der Waals surface area contributed by atoms with Gasteiger partial charge in [-0.2, -0.15) is 0 Å². The van der Waals surface area contributed by atoms with Gasteiger partial charge in [-0.15, -0.1) is 0 Å². The lowest BCUT2D eigenvalue weighted by atomic mass is 10.4. The van der Waals surface area contributed by atoms with E-state index in [1.165, 1.54) is 0 Å². The number of carbonyl (C=O) groups is 1. The van der Waals surface area contributed by atoms with Gasteiger partial charge in [-0.25, -0.2) is 4.79 Å². The van der Waals surface area contributed by atoms with Crippen molar-refractivity contribution in [3.63, 3.8) is 0 Å². The van der Waals surface area contributed by atoms with Crippen LogP contribution in [0.3, 0.4) is 0 Å². The summed E-state index contributed by atoms with van der Waals surface area (Å²) in [6.07, 6.45) is 3.71. The van der Waals surface area contributed by atoms with Gasteiger partial charge in [0.25, 0.3) is 0 Å². The molecule has 1 rings (SSSR count). The molecule has 0 N–H and O–H groups in total. The largest absolute Gasteiger partial charge is 0.487 e. The summed E-state index contributed by atoms with van der Waals surface area (Å²) in [5, 5.41) is 0. The summed E-state index contributed by atoms with van der Waals surface area (Å²) in [4.78, 5) is 10.8. The van der Waals surface area contributed by atoms with E-state index in [-0.39, 0.29) is 5.97 Å². The summed E-state index contributed by atoms with van der Waals surface area (Å²) in [5.41, 5.74) is 0. The van der Waals surface area contributed by atoms with Crippen LogP contribution < -0.4 is 0 Å². The molecule has 3 heteroatoms. The molecule has 3 nitrogen and oxygen atoms in total. The summed E-state index contributed by atoms with van der Waals surface area (Å²) in [5.74, 6) is 0.0413. The third-order valence-electron chi connectivity index (χ3n) is 1.44. The van der Waals surface area contributed by atoms with Gasteiger partial charge in [-0.05, 0) is 6.42 Å². The van der Waals surface area contributed by atoms with Crippen molar-refractivity contribution in [2.45, 2.75) is 19.8 Å². The second-order valence-electron chi connectivity index (χ2n) is 2.37. The molecular formula is C8H12O3. The van der Waals surface area contributed by atoms with Crippen LogP contribution in [0.4, 0.5) is 0 Å². The third kappa shape index (κ3) is 2.26. The quantitative estimate of drug-likeness (QED) is 0.454. The Morgan fingerprint density at radius 3 is 3.09 bits per heavy atom. The van der Waals surface area contributed by atoms with E-state index >= 15 is 0 Å². The van der Waals surface area contributed by atoms with E-state index in [2.05, 4.69) is 11.7 Å². The van der Waals surface area contributed by atoms with Crippen molar-refractivity contribution in [2.75, 3.05) is 13.2 Å². The molecule has 0 aromatic carbocycles. The minimum atomic E-state index is -0.332. The van der Waals surface area contributed by atoms with Crippen molar-refractivity contribution in [3.05, 3.63) is 11.8 Å². The van der Waals surface area contributed by atoms with E-state index in [1.54, 1.807) is 6.08 Å². The summed E-state index contributed by atoms with van der Waals surface area (Å²) in [7, 11) is 0. The average Bonchev–Trinajstić information content (AvgIpc) is 2.37. The summed E-state index contributed by atoms with van der Waals surface area (Å²) < 4.78 is 9.78. The van der Waals surface area contributed by atoms with Gasteiger partial charge in [0.1, 0.15) is 6.61 Å². The number of hydrogen-bond acceptors (Lipinski definition) is 3. The molecular weight excluding hydrogens is 144 g/mol. The predicted octanol–water partition coefficient (Wildman–Crippen LogP) is 1.24. The van der Waals surface area contributed by atoms with Gasteiger partial charge in [0.2, 0.25) is 5.76 Å². The minimum Gasteiger partial charge on any atom is -0.487 e. The van der Waals surface area contributed by atoms with Crippen molar-refractivity contribution < 1.29 is 14.3 Å². The van der Waals surface area contributed by atoms with Gasteiger partial charge in [0, 0.05) is 6.08 Å². The Balaban J connectivity index is 2.20. The Hall–Kier alpha value is -0.990. The Kier molecular flexibility index (Phi) is 2.95. The smallest absolute Gasteiger partial charge is 0.373 e. The van der Waals surface area contributed by atoms with E-state index < -0.39 is 0 Å². The van der Waals surface area contributed by atoms with Crippen molar-refractivity contribution in [1.29, 1.82) is 0 Å². The average molecular weight is 156 g/mol. The predicted molar refractivity (Wildman–Crippen MR) is 39.9 cm³/mol. The maximum Gasteiger partial charge on any atom is 0.373 e. The number of unbranched alkanes of at least 4 members (excludes halogenated alkanes) is 1. The van der Waals surface area contributed by atoms with Crippen molar-refractivity contribution >= 4 is 5.97 Å². The Bertz CT molecular complexity index is 172. The first-order valence-corrected chi connectivity index (χ1v) is 3.84. The Labute approximate surface area is 66.0 Å². The van der Waals surface area contributed by atoms with Crippen molar-refractivity contribution in [1.82, 2.24) is 0 Å². The van der Waals surface area contributed by atoms with Gasteiger partial charge < -0.3 is 9.47 Å². The van der Waals surface area contributed by atoms with Gasteiger partial charge in [0.15, 0.2) is 0 Å². The fourth-order valence-corrected chi connectivity index (χ4v) is 0.792. The molecule has 0 saturated heterocycles. The first-order chi connectivity index (χ1) is 5.34. The highest BCUT2D eigenvalue weighted by molar-refractivity contribution is 5.88. The highest BCUT2D eigenvalue weighted by atomic mass is 16.6. The highest BCUT2D eigenvalue weighted by Crippen LogP contribution is 2.08. The monoisotopic (exact) mass is 156 g/mol. The molecule has 0 unspecified atom stereocenters. The Morgan fingerprint density at radius 2 is 2.55 bits per heavy atom. The Morgan fingerprint density at radius 1 is 1.73 bits per heavy atom. The van der Waals surface area contributed by atoms with Crippen LogP contribution in [0.2, 0.25) is 0 Å². The molecule has 1 aliphatic heterocycles. The molecule has 0 spiro atoms. The molecule has 0 bridgehead atoms. The van der Waals surface area contributed by atoms with Gasteiger partial charge in [-0.3, -0.25) is 0 Å². The molecule has 11 heavy (non-hydrogen) atoms. The maximum atomic E-state index is 10.8. The number of cyclic esters (lactones) is 1. The van der Waals surface area contributed by atoms with Crippen LogP contribution >= 0.6 is 0 Å². The second kappa shape index (κ2) is 4.01. The van der Waals surface area contributed by atoms with Crippen molar-refractivity contribution in [3.8, 4) is 0 Å². The zero-order valence-electron chi connectivity index (χ0n) is 6.63. The molecule has 0 aliphatic carbocycles. The molecule has 0 radical (unpaired) electrons. The van der Waals surface area contributed by atoms with Crippen LogP contribution in [0, 0.1) is 0 Å². The van der Waals surface area contributed by atoms with Gasteiger partial charge >= 0.3 is 5.97 Å². The molecule has 1 heterocycles. The van der Waals surface area contributed by atoms with E-state index in [9.17, 15) is 4.79 Å². The van der Waals surface area contributed by atoms with E-state index in [4.69, 9.17) is 4.74 Å². The molecule has 0 saturated carbocycles. The molecule has 0 aromatic rings. The maximum absolute atomic E-state index is 10.8. The van der Waals surface area contributed by atoms with E-state index in [1.807, 2.05) is 0 Å². The normalized spacial score (nSPS) is 16.1. The molecule has 1 aliphatic rings. The second-order valence-corrected chi connectivity index (χ2v) is 2.37. The third-order valence-corrected chi connectivity index (χ3v) is 1.44. The van der Waals surface area contributed by atoms with Crippen LogP contribution in [-0.4, -0.2) is 19.2 Å². The summed E-state index contributed by atoms with van der Waals surface area (Å²) in [6, 6.07) is 0. The lowest BCUT2D eigenvalue weighted by Crippen LogP contribution is -2.03. The van der Waals surface area contributed by atoms with Gasteiger partial charge in [-0.1, -0.05) is 13.3 Å². The van der Waals surface area contributed by atoms with E-state index in [0.717, 1.165) is 12.8 Å². The van der Waals surface area contributed by atoms with Crippen LogP contribution in [0.1, 0.15) is 19.8 Å². The zero-order valence-corrected chi connectivity index (χ0v) is 6.63. The molecule has 0 fully saturated rings. The van der Waals surface area contributed by atoms with Crippen LogP contribution in [0.15, 0.2) is 11.8 Å².